The average molecular weight is 242 g/mol. The third-order valence-electron chi connectivity index (χ3n) is 2.01. The number of nitrogens with one attached hydrogen (secondary N) is 1. The van der Waals surface area contributed by atoms with E-state index in [0.717, 1.165) is 13.0 Å². The zero-order valence-corrected chi connectivity index (χ0v) is 10.5. The number of aromatic nitrogens is 2. The highest BCUT2D eigenvalue weighted by molar-refractivity contribution is 7.98. The van der Waals surface area contributed by atoms with Gasteiger partial charge in [-0.1, -0.05) is 0 Å². The summed E-state index contributed by atoms with van der Waals surface area (Å²) in [6.45, 7) is 0.889. The van der Waals surface area contributed by atoms with Crippen molar-refractivity contribution in [3.63, 3.8) is 0 Å². The van der Waals surface area contributed by atoms with Gasteiger partial charge in [0.25, 0.3) is 0 Å². The second-order valence-electron chi connectivity index (χ2n) is 3.28. The molecule has 0 unspecified atom stereocenters. The lowest BCUT2D eigenvalue weighted by atomic mass is 10.3. The van der Waals surface area contributed by atoms with Crippen LogP contribution in [-0.2, 0) is 0 Å². The fraction of sp³-hybridized carbons (Fsp3) is 0.600. The second kappa shape index (κ2) is 7.16. The third kappa shape index (κ3) is 4.57. The van der Waals surface area contributed by atoms with E-state index in [1.807, 2.05) is 11.8 Å². The highest BCUT2D eigenvalue weighted by Gasteiger charge is 2.01. The monoisotopic (exact) mass is 242 g/mol. The number of thioether (sulfide) groups is 1. The van der Waals surface area contributed by atoms with Crippen LogP contribution in [0.4, 0.5) is 11.8 Å². The summed E-state index contributed by atoms with van der Waals surface area (Å²) >= 11 is 1.86. The summed E-state index contributed by atoms with van der Waals surface area (Å²) in [5, 5.41) is 3.20. The first-order valence-electron chi connectivity index (χ1n) is 5.17. The Morgan fingerprint density at radius 3 is 2.94 bits per heavy atom. The van der Waals surface area contributed by atoms with Crippen LogP contribution in [0.3, 0.4) is 0 Å². The van der Waals surface area contributed by atoms with Crippen molar-refractivity contribution >= 4 is 23.5 Å². The second-order valence-corrected chi connectivity index (χ2v) is 4.27. The molecule has 0 bridgehead atoms. The molecule has 0 atom stereocenters. The summed E-state index contributed by atoms with van der Waals surface area (Å²) in [4.78, 5) is 7.98. The van der Waals surface area contributed by atoms with E-state index in [2.05, 4.69) is 21.5 Å². The Hall–Kier alpha value is -1.17. The van der Waals surface area contributed by atoms with E-state index in [-0.39, 0.29) is 5.95 Å². The van der Waals surface area contributed by atoms with E-state index in [4.69, 9.17) is 10.5 Å². The molecule has 0 aliphatic rings. The first-order valence-corrected chi connectivity index (χ1v) is 6.57. The predicted molar refractivity (Wildman–Crippen MR) is 69.1 cm³/mol. The topological polar surface area (TPSA) is 73.1 Å². The molecule has 6 heteroatoms. The van der Waals surface area contributed by atoms with Gasteiger partial charge < -0.3 is 15.8 Å². The molecule has 16 heavy (non-hydrogen) atoms. The van der Waals surface area contributed by atoms with E-state index in [9.17, 15) is 0 Å². The molecular formula is C10H18N4OS. The number of unbranched alkanes of at least 4 members (excludes halogenated alkanes) is 1. The lowest BCUT2D eigenvalue weighted by Gasteiger charge is -2.07. The summed E-state index contributed by atoms with van der Waals surface area (Å²) in [5.74, 6) is 2.62. The maximum absolute atomic E-state index is 5.54. The standard InChI is InChI=1S/C10H18N4OS/c1-15-9-7-8(13-10(11)14-9)12-5-3-4-6-16-2/h7H,3-6H2,1-2H3,(H3,11,12,13,14). The van der Waals surface area contributed by atoms with E-state index >= 15 is 0 Å². The largest absolute Gasteiger partial charge is 0.481 e. The molecule has 0 saturated carbocycles. The summed E-state index contributed by atoms with van der Waals surface area (Å²) in [7, 11) is 1.56. The number of anilines is 2. The molecule has 0 aliphatic carbocycles. The third-order valence-corrected chi connectivity index (χ3v) is 2.71. The van der Waals surface area contributed by atoms with Gasteiger partial charge >= 0.3 is 0 Å². The van der Waals surface area contributed by atoms with Gasteiger partial charge in [-0.05, 0) is 24.9 Å². The molecule has 0 saturated heterocycles. The van der Waals surface area contributed by atoms with Gasteiger partial charge in [0.05, 0.1) is 7.11 Å². The van der Waals surface area contributed by atoms with E-state index in [1.165, 1.54) is 12.2 Å². The molecule has 5 nitrogen and oxygen atoms in total. The Kier molecular flexibility index (Phi) is 5.77. The van der Waals surface area contributed by atoms with Crippen molar-refractivity contribution in [1.29, 1.82) is 0 Å². The molecule has 0 aromatic carbocycles. The van der Waals surface area contributed by atoms with Crippen LogP contribution in [0.1, 0.15) is 12.8 Å². The Morgan fingerprint density at radius 2 is 2.25 bits per heavy atom. The van der Waals surface area contributed by atoms with Gasteiger partial charge in [-0.3, -0.25) is 0 Å². The zero-order valence-electron chi connectivity index (χ0n) is 9.69. The zero-order chi connectivity index (χ0) is 11.8. The van der Waals surface area contributed by atoms with Crippen LogP contribution in [-0.4, -0.2) is 35.6 Å². The maximum atomic E-state index is 5.54. The summed E-state index contributed by atoms with van der Waals surface area (Å²) < 4.78 is 5.01. The number of methoxy groups -OCH3 is 1. The maximum Gasteiger partial charge on any atom is 0.225 e. The van der Waals surface area contributed by atoms with Crippen LogP contribution in [0.15, 0.2) is 6.07 Å². The summed E-state index contributed by atoms with van der Waals surface area (Å²) in [6, 6.07) is 1.74. The van der Waals surface area contributed by atoms with Crippen molar-refractivity contribution in [3.8, 4) is 5.88 Å². The van der Waals surface area contributed by atoms with Crippen LogP contribution < -0.4 is 15.8 Å². The van der Waals surface area contributed by atoms with Crippen LogP contribution in [0.5, 0.6) is 5.88 Å². The Balaban J connectivity index is 2.38. The first-order chi connectivity index (χ1) is 7.76. The average Bonchev–Trinajstić information content (AvgIpc) is 2.28. The van der Waals surface area contributed by atoms with Crippen molar-refractivity contribution in [1.82, 2.24) is 9.97 Å². The van der Waals surface area contributed by atoms with Gasteiger partial charge in [0.15, 0.2) is 0 Å². The number of nitrogens with two attached hydrogens (primary N) is 1. The lowest BCUT2D eigenvalue weighted by molar-refractivity contribution is 0.398. The molecule has 3 N–H and O–H groups in total. The number of hydrogen-bond acceptors (Lipinski definition) is 6. The minimum absolute atomic E-state index is 0.228. The van der Waals surface area contributed by atoms with Crippen LogP contribution in [0.2, 0.25) is 0 Å². The fourth-order valence-corrected chi connectivity index (χ4v) is 1.72. The van der Waals surface area contributed by atoms with Crippen molar-refractivity contribution in [2.45, 2.75) is 12.8 Å². The van der Waals surface area contributed by atoms with Crippen molar-refractivity contribution in [2.24, 2.45) is 0 Å². The summed E-state index contributed by atoms with van der Waals surface area (Å²) in [6.07, 6.45) is 4.43. The van der Waals surface area contributed by atoms with Gasteiger partial charge in [0, 0.05) is 12.6 Å². The van der Waals surface area contributed by atoms with Crippen molar-refractivity contribution in [3.05, 3.63) is 6.07 Å². The molecule has 0 fully saturated rings. The van der Waals surface area contributed by atoms with Crippen LogP contribution in [0, 0.1) is 0 Å². The lowest BCUT2D eigenvalue weighted by Crippen LogP contribution is -2.06. The van der Waals surface area contributed by atoms with Crippen LogP contribution in [0.25, 0.3) is 0 Å². The molecule has 90 valence electrons. The molecule has 0 radical (unpaired) electrons. The first kappa shape index (κ1) is 12.9. The van der Waals surface area contributed by atoms with Gasteiger partial charge in [-0.25, -0.2) is 0 Å². The fourth-order valence-electron chi connectivity index (χ4n) is 1.23. The predicted octanol–water partition coefficient (Wildman–Crippen LogP) is 1.62. The van der Waals surface area contributed by atoms with E-state index < -0.39 is 0 Å². The molecular weight excluding hydrogens is 224 g/mol. The van der Waals surface area contributed by atoms with Gasteiger partial charge in [0.1, 0.15) is 5.82 Å². The highest BCUT2D eigenvalue weighted by Crippen LogP contribution is 2.13. The van der Waals surface area contributed by atoms with Crippen molar-refractivity contribution in [2.75, 3.05) is 36.7 Å². The van der Waals surface area contributed by atoms with E-state index in [1.54, 1.807) is 13.2 Å². The van der Waals surface area contributed by atoms with Crippen LogP contribution >= 0.6 is 11.8 Å². The normalized spacial score (nSPS) is 10.1. The number of ether oxygens (including phenoxy) is 1. The number of hydrogen-bond donors (Lipinski definition) is 2. The van der Waals surface area contributed by atoms with Gasteiger partial charge in [-0.15, -0.1) is 0 Å². The number of nitrogen functional groups attached to an aromatic ring is 1. The Morgan fingerprint density at radius 1 is 1.44 bits per heavy atom. The molecule has 1 aromatic rings. The minimum atomic E-state index is 0.228. The number of nitrogens with zero attached hydrogens (tertiary/aromatic N) is 2. The molecule has 0 aliphatic heterocycles. The smallest absolute Gasteiger partial charge is 0.225 e. The summed E-state index contributed by atoms with van der Waals surface area (Å²) in [5.41, 5.74) is 5.54. The molecule has 1 heterocycles. The molecule has 1 aromatic heterocycles. The van der Waals surface area contributed by atoms with Gasteiger partial charge in [-0.2, -0.15) is 21.7 Å². The molecule has 1 rings (SSSR count). The molecule has 0 amide bonds. The molecule has 0 spiro atoms. The van der Waals surface area contributed by atoms with Gasteiger partial charge in [0.2, 0.25) is 11.8 Å². The highest BCUT2D eigenvalue weighted by atomic mass is 32.2. The van der Waals surface area contributed by atoms with Crippen molar-refractivity contribution < 1.29 is 4.74 Å². The Bertz CT molecular complexity index is 322. The minimum Gasteiger partial charge on any atom is -0.481 e. The van der Waals surface area contributed by atoms with E-state index in [0.29, 0.717) is 11.7 Å². The Labute approximate surface area is 100 Å². The SMILES string of the molecule is COc1cc(NCCCCSC)nc(N)n1. The number of rotatable bonds is 7. The quantitative estimate of drug-likeness (QED) is 0.708.